The Morgan fingerprint density at radius 1 is 1.39 bits per heavy atom. The van der Waals surface area contributed by atoms with Crippen LogP contribution in [0.4, 0.5) is 0 Å². The van der Waals surface area contributed by atoms with Gasteiger partial charge < -0.3 is 20.9 Å². The molecule has 1 fully saturated rings. The Morgan fingerprint density at radius 2 is 2.06 bits per heavy atom. The molecule has 18 heavy (non-hydrogen) atoms. The Hall–Kier alpha value is -1.18. The van der Waals surface area contributed by atoms with Gasteiger partial charge in [0, 0.05) is 32.6 Å². The van der Waals surface area contributed by atoms with Crippen LogP contribution in [0.2, 0.25) is 0 Å². The van der Waals surface area contributed by atoms with Gasteiger partial charge in [0.05, 0.1) is 19.3 Å². The number of carbonyl (C=O) groups is 2. The molecule has 0 aromatic heterocycles. The van der Waals surface area contributed by atoms with E-state index in [1.807, 2.05) is 0 Å². The highest BCUT2D eigenvalue weighted by Crippen LogP contribution is 1.96. The molecule has 0 bridgehead atoms. The van der Waals surface area contributed by atoms with Crippen molar-refractivity contribution < 1.29 is 19.4 Å². The highest BCUT2D eigenvalue weighted by atomic mass is 16.5. The fourth-order valence-electron chi connectivity index (χ4n) is 1.70. The summed E-state index contributed by atoms with van der Waals surface area (Å²) in [6.07, 6.45) is 0.0801. The first-order chi connectivity index (χ1) is 8.59. The maximum atomic E-state index is 11.5. The summed E-state index contributed by atoms with van der Waals surface area (Å²) in [6, 6.07) is -0.745. The van der Waals surface area contributed by atoms with E-state index in [1.165, 1.54) is 0 Å². The highest BCUT2D eigenvalue weighted by molar-refractivity contribution is 5.82. The number of nitrogens with one attached hydrogen (secondary N) is 1. The zero-order valence-electron chi connectivity index (χ0n) is 10.4. The summed E-state index contributed by atoms with van der Waals surface area (Å²) in [6.45, 7) is 4.50. The molecule has 0 aromatic carbocycles. The summed E-state index contributed by atoms with van der Waals surface area (Å²) in [4.78, 5) is 24.1. The lowest BCUT2D eigenvalue weighted by Crippen LogP contribution is -2.45. The van der Waals surface area contributed by atoms with E-state index >= 15 is 0 Å². The lowest BCUT2D eigenvalue weighted by molar-refractivity contribution is -0.137. The molecule has 0 saturated carbocycles. The van der Waals surface area contributed by atoms with Gasteiger partial charge in [0.1, 0.15) is 0 Å². The van der Waals surface area contributed by atoms with E-state index in [4.69, 9.17) is 15.6 Å². The summed E-state index contributed by atoms with van der Waals surface area (Å²) in [5.74, 6) is -1.23. The van der Waals surface area contributed by atoms with Gasteiger partial charge in [-0.3, -0.25) is 14.5 Å². The SMILES string of the molecule is N[C@@H](CCC(=O)O)C(=O)NCCN1CCOCC1. The maximum absolute atomic E-state index is 11.5. The van der Waals surface area contributed by atoms with Crippen molar-refractivity contribution in [2.75, 3.05) is 39.4 Å². The molecule has 0 unspecified atom stereocenters. The number of nitrogens with zero attached hydrogens (tertiary/aromatic N) is 1. The summed E-state index contributed by atoms with van der Waals surface area (Å²) < 4.78 is 5.22. The number of nitrogens with two attached hydrogens (primary N) is 1. The molecular weight excluding hydrogens is 238 g/mol. The fraction of sp³-hybridized carbons (Fsp3) is 0.818. The molecule has 0 radical (unpaired) electrons. The maximum Gasteiger partial charge on any atom is 0.303 e. The number of carbonyl (C=O) groups excluding carboxylic acids is 1. The lowest BCUT2D eigenvalue weighted by atomic mass is 10.1. The smallest absolute Gasteiger partial charge is 0.303 e. The number of morpholine rings is 1. The number of ether oxygens (including phenoxy) is 1. The van der Waals surface area contributed by atoms with Crippen molar-refractivity contribution in [2.24, 2.45) is 5.73 Å². The number of rotatable bonds is 7. The number of carboxylic acids is 1. The van der Waals surface area contributed by atoms with Crippen molar-refractivity contribution >= 4 is 11.9 Å². The van der Waals surface area contributed by atoms with Crippen molar-refractivity contribution in [3.63, 3.8) is 0 Å². The first-order valence-corrected chi connectivity index (χ1v) is 6.15. The van der Waals surface area contributed by atoms with Gasteiger partial charge >= 0.3 is 5.97 Å². The van der Waals surface area contributed by atoms with Crippen LogP contribution in [0.5, 0.6) is 0 Å². The van der Waals surface area contributed by atoms with Crippen molar-refractivity contribution in [1.29, 1.82) is 0 Å². The van der Waals surface area contributed by atoms with Crippen LogP contribution < -0.4 is 11.1 Å². The normalized spacial score (nSPS) is 18.3. The van der Waals surface area contributed by atoms with Crippen LogP contribution in [0.15, 0.2) is 0 Å². The first kappa shape index (κ1) is 14.9. The largest absolute Gasteiger partial charge is 0.481 e. The summed E-state index contributed by atoms with van der Waals surface area (Å²) in [5, 5.41) is 11.2. The van der Waals surface area contributed by atoms with E-state index in [2.05, 4.69) is 10.2 Å². The van der Waals surface area contributed by atoms with E-state index in [1.54, 1.807) is 0 Å². The minimum atomic E-state index is -0.938. The van der Waals surface area contributed by atoms with Gasteiger partial charge in [0.2, 0.25) is 5.91 Å². The molecule has 1 rings (SSSR count). The van der Waals surface area contributed by atoms with E-state index in [9.17, 15) is 9.59 Å². The number of hydrogen-bond donors (Lipinski definition) is 3. The molecule has 1 aliphatic rings. The van der Waals surface area contributed by atoms with Gasteiger partial charge in [-0.05, 0) is 6.42 Å². The van der Waals surface area contributed by atoms with Crippen LogP contribution in [0.3, 0.4) is 0 Å². The zero-order valence-corrected chi connectivity index (χ0v) is 10.4. The molecular formula is C11H21N3O4. The van der Waals surface area contributed by atoms with Crippen LogP contribution in [-0.2, 0) is 14.3 Å². The molecule has 7 nitrogen and oxygen atoms in total. The second kappa shape index (κ2) is 8.02. The standard InChI is InChI=1S/C11H21N3O4/c12-9(1-2-10(15)16)11(17)13-3-4-14-5-7-18-8-6-14/h9H,1-8,12H2,(H,13,17)(H,15,16)/t9-/m0/s1. The topological polar surface area (TPSA) is 105 Å². The van der Waals surface area contributed by atoms with Gasteiger partial charge in [0.25, 0.3) is 0 Å². The quantitative estimate of drug-likeness (QED) is 0.521. The Balaban J connectivity index is 2.09. The summed E-state index contributed by atoms with van der Waals surface area (Å²) >= 11 is 0. The molecule has 4 N–H and O–H groups in total. The Kier molecular flexibility index (Phi) is 6.63. The first-order valence-electron chi connectivity index (χ1n) is 6.15. The van der Waals surface area contributed by atoms with Gasteiger partial charge in [0.15, 0.2) is 0 Å². The van der Waals surface area contributed by atoms with Gasteiger partial charge in [-0.25, -0.2) is 0 Å². The molecule has 1 aliphatic heterocycles. The Labute approximate surface area is 106 Å². The van der Waals surface area contributed by atoms with Crippen molar-refractivity contribution in [3.05, 3.63) is 0 Å². The molecule has 104 valence electrons. The molecule has 1 saturated heterocycles. The van der Waals surface area contributed by atoms with E-state index < -0.39 is 12.0 Å². The fourth-order valence-corrected chi connectivity index (χ4v) is 1.70. The monoisotopic (exact) mass is 259 g/mol. The van der Waals surface area contributed by atoms with E-state index in [0.717, 1.165) is 32.8 Å². The third-order valence-electron chi connectivity index (χ3n) is 2.84. The molecule has 1 atom stereocenters. The van der Waals surface area contributed by atoms with E-state index in [-0.39, 0.29) is 18.7 Å². The lowest BCUT2D eigenvalue weighted by Gasteiger charge is -2.26. The average Bonchev–Trinajstić information content (AvgIpc) is 2.37. The van der Waals surface area contributed by atoms with Gasteiger partial charge in [-0.1, -0.05) is 0 Å². The molecule has 1 amide bonds. The van der Waals surface area contributed by atoms with Crippen LogP contribution in [0.1, 0.15) is 12.8 Å². The molecule has 0 spiro atoms. The van der Waals surface area contributed by atoms with E-state index in [0.29, 0.717) is 6.54 Å². The summed E-state index contributed by atoms with van der Waals surface area (Å²) in [5.41, 5.74) is 5.58. The van der Waals surface area contributed by atoms with Crippen LogP contribution in [-0.4, -0.2) is 67.3 Å². The predicted octanol–water partition coefficient (Wildman–Crippen LogP) is -1.37. The number of carboxylic acid groups (broad SMARTS) is 1. The van der Waals surface area contributed by atoms with Crippen LogP contribution in [0.25, 0.3) is 0 Å². The third kappa shape index (κ3) is 5.95. The average molecular weight is 259 g/mol. The third-order valence-corrected chi connectivity index (χ3v) is 2.84. The van der Waals surface area contributed by atoms with Gasteiger partial charge in [-0.15, -0.1) is 0 Å². The predicted molar refractivity (Wildman–Crippen MR) is 65.1 cm³/mol. The second-order valence-corrected chi connectivity index (χ2v) is 4.28. The van der Waals surface area contributed by atoms with Crippen molar-refractivity contribution in [1.82, 2.24) is 10.2 Å². The van der Waals surface area contributed by atoms with Crippen LogP contribution in [0, 0.1) is 0 Å². The second-order valence-electron chi connectivity index (χ2n) is 4.28. The number of amides is 1. The molecule has 1 heterocycles. The van der Waals surface area contributed by atoms with Crippen LogP contribution >= 0.6 is 0 Å². The molecule has 7 heteroatoms. The number of hydrogen-bond acceptors (Lipinski definition) is 5. The van der Waals surface area contributed by atoms with Crippen molar-refractivity contribution in [2.45, 2.75) is 18.9 Å². The molecule has 0 aromatic rings. The summed E-state index contributed by atoms with van der Waals surface area (Å²) in [7, 11) is 0. The minimum Gasteiger partial charge on any atom is -0.481 e. The Bertz CT molecular complexity index is 279. The number of aliphatic carboxylic acids is 1. The molecule has 0 aliphatic carbocycles. The minimum absolute atomic E-state index is 0.0853. The Morgan fingerprint density at radius 3 is 2.67 bits per heavy atom. The van der Waals surface area contributed by atoms with Gasteiger partial charge in [-0.2, -0.15) is 0 Å². The highest BCUT2D eigenvalue weighted by Gasteiger charge is 2.15. The van der Waals surface area contributed by atoms with Crippen molar-refractivity contribution in [3.8, 4) is 0 Å². The zero-order chi connectivity index (χ0) is 13.4.